The number of nitriles is 1. The van der Waals surface area contributed by atoms with E-state index in [1.165, 1.54) is 0 Å². The van der Waals surface area contributed by atoms with E-state index in [0.717, 1.165) is 52.8 Å². The summed E-state index contributed by atoms with van der Waals surface area (Å²) in [4.78, 5) is 20.8. The van der Waals surface area contributed by atoms with Gasteiger partial charge in [-0.3, -0.25) is 4.79 Å². The summed E-state index contributed by atoms with van der Waals surface area (Å²) < 4.78 is 14.6. The Morgan fingerprint density at radius 3 is 2.56 bits per heavy atom. The highest BCUT2D eigenvalue weighted by atomic mass is 32.1. The van der Waals surface area contributed by atoms with Crippen molar-refractivity contribution in [2.75, 3.05) is 18.0 Å². The van der Waals surface area contributed by atoms with Gasteiger partial charge in [0.25, 0.3) is 0 Å². The number of halogens is 1. The van der Waals surface area contributed by atoms with Crippen molar-refractivity contribution < 1.29 is 14.3 Å². The third kappa shape index (κ3) is 4.44. The van der Waals surface area contributed by atoms with Crippen molar-refractivity contribution in [1.82, 2.24) is 4.98 Å². The summed E-state index contributed by atoms with van der Waals surface area (Å²) in [6, 6.07) is 10.4. The molecule has 1 aliphatic carbocycles. The highest BCUT2D eigenvalue weighted by Gasteiger charge is 2.54. The van der Waals surface area contributed by atoms with Crippen LogP contribution in [0.5, 0.6) is 0 Å². The molecule has 6 nitrogen and oxygen atoms in total. The third-order valence-corrected chi connectivity index (χ3v) is 8.84. The largest absolute Gasteiger partial charge is 0.390 e. The summed E-state index contributed by atoms with van der Waals surface area (Å²) >= 11 is 1.55. The van der Waals surface area contributed by atoms with Crippen LogP contribution in [-0.4, -0.2) is 40.9 Å². The van der Waals surface area contributed by atoms with Crippen molar-refractivity contribution in [2.24, 2.45) is 17.1 Å². The number of primary amides is 1. The van der Waals surface area contributed by atoms with Crippen LogP contribution in [0.15, 0.2) is 24.3 Å². The first-order valence-corrected chi connectivity index (χ1v) is 12.8. The molecule has 1 aliphatic heterocycles. The molecular formula is C26H33FN4O2S. The maximum atomic E-state index is 14.6. The predicted molar refractivity (Wildman–Crippen MR) is 132 cm³/mol. The van der Waals surface area contributed by atoms with Crippen LogP contribution in [0.2, 0.25) is 0 Å². The Balaban J connectivity index is 1.69. The lowest BCUT2D eigenvalue weighted by atomic mass is 9.58. The number of alkyl halides is 1. The molecule has 1 saturated carbocycles. The number of carbonyl (C=O) groups is 1. The van der Waals surface area contributed by atoms with E-state index in [-0.39, 0.29) is 6.42 Å². The summed E-state index contributed by atoms with van der Waals surface area (Å²) in [6.07, 6.45) is 1.01. The molecule has 0 radical (unpaired) electrons. The number of aryl methyl sites for hydroxylation is 1. The number of piperidine rings is 1. The third-order valence-electron chi connectivity index (χ3n) is 7.80. The molecule has 1 aromatic heterocycles. The minimum atomic E-state index is -1.29. The first-order chi connectivity index (χ1) is 16.1. The highest BCUT2D eigenvalue weighted by molar-refractivity contribution is 7.15. The van der Waals surface area contributed by atoms with Gasteiger partial charge < -0.3 is 15.7 Å². The van der Waals surface area contributed by atoms with Crippen LogP contribution in [0.4, 0.5) is 10.1 Å². The lowest BCUT2D eigenvalue weighted by Gasteiger charge is -2.44. The highest BCUT2D eigenvalue weighted by Crippen LogP contribution is 2.54. The topological polar surface area (TPSA) is 103 Å². The molecule has 2 aromatic rings. The van der Waals surface area contributed by atoms with Crippen molar-refractivity contribution in [2.45, 2.75) is 70.6 Å². The first kappa shape index (κ1) is 24.6. The SMILES string of the molecule is Cc1nc(C2CCC(F)CC2(C(N)=O)[C@H](C)C#N)c(-c2ccc(N3CCC(C)(O)CC3)cc2)s1. The molecule has 3 unspecified atom stereocenters. The zero-order chi connectivity index (χ0) is 24.7. The summed E-state index contributed by atoms with van der Waals surface area (Å²) in [6.45, 7) is 7.08. The van der Waals surface area contributed by atoms with Crippen LogP contribution in [0.25, 0.3) is 10.4 Å². The lowest BCUT2D eigenvalue weighted by molar-refractivity contribution is -0.135. The Morgan fingerprint density at radius 2 is 1.97 bits per heavy atom. The summed E-state index contributed by atoms with van der Waals surface area (Å²) in [5.74, 6) is -1.75. The van der Waals surface area contributed by atoms with Crippen molar-refractivity contribution in [3.8, 4) is 16.5 Å². The van der Waals surface area contributed by atoms with Gasteiger partial charge in [0, 0.05) is 24.7 Å². The van der Waals surface area contributed by atoms with E-state index in [9.17, 15) is 19.6 Å². The van der Waals surface area contributed by atoms with E-state index in [0.29, 0.717) is 12.8 Å². The maximum Gasteiger partial charge on any atom is 0.225 e. The molecule has 2 aliphatic rings. The van der Waals surface area contributed by atoms with E-state index in [4.69, 9.17) is 10.7 Å². The first-order valence-electron chi connectivity index (χ1n) is 12.0. The number of aromatic nitrogens is 1. The van der Waals surface area contributed by atoms with Gasteiger partial charge in [-0.05, 0) is 70.6 Å². The summed E-state index contributed by atoms with van der Waals surface area (Å²) in [7, 11) is 0. The van der Waals surface area contributed by atoms with Gasteiger partial charge in [-0.1, -0.05) is 12.1 Å². The Labute approximate surface area is 204 Å². The number of hydrogen-bond acceptors (Lipinski definition) is 6. The second-order valence-electron chi connectivity index (χ2n) is 10.2. The molecule has 2 fully saturated rings. The molecule has 1 aromatic carbocycles. The van der Waals surface area contributed by atoms with E-state index >= 15 is 0 Å². The molecule has 3 N–H and O–H groups in total. The fourth-order valence-corrected chi connectivity index (χ4v) is 6.62. The Kier molecular flexibility index (Phi) is 6.71. The molecule has 1 saturated heterocycles. The summed E-state index contributed by atoms with van der Waals surface area (Å²) in [5, 5.41) is 20.8. The van der Waals surface area contributed by atoms with Crippen LogP contribution in [0.3, 0.4) is 0 Å². The van der Waals surface area contributed by atoms with Gasteiger partial charge in [0.1, 0.15) is 6.17 Å². The zero-order valence-corrected chi connectivity index (χ0v) is 20.9. The van der Waals surface area contributed by atoms with Gasteiger partial charge in [0.05, 0.1) is 38.6 Å². The normalized spacial score (nSPS) is 27.7. The van der Waals surface area contributed by atoms with Gasteiger partial charge in [0.2, 0.25) is 5.91 Å². The van der Waals surface area contributed by atoms with Crippen LogP contribution in [0.1, 0.15) is 62.6 Å². The fourth-order valence-electron chi connectivity index (χ4n) is 5.63. The number of thiazole rings is 1. The number of nitrogens with two attached hydrogens (primary N) is 1. The van der Waals surface area contributed by atoms with Gasteiger partial charge >= 0.3 is 0 Å². The Hall–Kier alpha value is -2.50. The average Bonchev–Trinajstić information content (AvgIpc) is 3.19. The molecule has 8 heteroatoms. The van der Waals surface area contributed by atoms with Crippen LogP contribution in [-0.2, 0) is 4.79 Å². The van der Waals surface area contributed by atoms with Gasteiger partial charge in [-0.15, -0.1) is 11.3 Å². The molecular weight excluding hydrogens is 451 g/mol. The van der Waals surface area contributed by atoms with Crippen LogP contribution >= 0.6 is 11.3 Å². The second-order valence-corrected chi connectivity index (χ2v) is 11.4. The van der Waals surface area contributed by atoms with Crippen molar-refractivity contribution in [1.29, 1.82) is 5.26 Å². The van der Waals surface area contributed by atoms with E-state index in [1.54, 1.807) is 18.3 Å². The molecule has 34 heavy (non-hydrogen) atoms. The quantitative estimate of drug-likeness (QED) is 0.640. The maximum absolute atomic E-state index is 14.6. The van der Waals surface area contributed by atoms with E-state index in [2.05, 4.69) is 35.2 Å². The zero-order valence-electron chi connectivity index (χ0n) is 20.1. The predicted octanol–water partition coefficient (Wildman–Crippen LogP) is 4.71. The number of anilines is 1. The fraction of sp³-hybridized carbons (Fsp3) is 0.577. The Bertz CT molecular complexity index is 1080. The van der Waals surface area contributed by atoms with Gasteiger partial charge in [0.15, 0.2) is 0 Å². The minimum Gasteiger partial charge on any atom is -0.390 e. The lowest BCUT2D eigenvalue weighted by Crippen LogP contribution is -2.50. The van der Waals surface area contributed by atoms with Crippen molar-refractivity contribution in [3.05, 3.63) is 35.0 Å². The number of aliphatic hydroxyl groups is 1. The number of hydrogen-bond donors (Lipinski definition) is 2. The molecule has 1 amide bonds. The van der Waals surface area contributed by atoms with Crippen molar-refractivity contribution in [3.63, 3.8) is 0 Å². The van der Waals surface area contributed by atoms with Crippen LogP contribution < -0.4 is 10.6 Å². The monoisotopic (exact) mass is 484 g/mol. The van der Waals surface area contributed by atoms with Crippen LogP contribution in [0, 0.1) is 29.6 Å². The van der Waals surface area contributed by atoms with Gasteiger partial charge in [-0.2, -0.15) is 5.26 Å². The number of amides is 1. The number of nitrogens with zero attached hydrogens (tertiary/aromatic N) is 3. The smallest absolute Gasteiger partial charge is 0.225 e. The van der Waals surface area contributed by atoms with Gasteiger partial charge in [-0.25, -0.2) is 9.37 Å². The second kappa shape index (κ2) is 9.27. The molecule has 2 heterocycles. The van der Waals surface area contributed by atoms with E-state index < -0.39 is 34.9 Å². The summed E-state index contributed by atoms with van der Waals surface area (Å²) in [5.41, 5.74) is 6.83. The minimum absolute atomic E-state index is 0.0462. The van der Waals surface area contributed by atoms with Crippen molar-refractivity contribution >= 4 is 22.9 Å². The molecule has 182 valence electrons. The molecule has 0 bridgehead atoms. The van der Waals surface area contributed by atoms with E-state index in [1.807, 2.05) is 13.8 Å². The standard InChI is InChI=1S/C26H33FN4O2S/c1-16(15-28)26(24(29)32)14-19(27)6-9-21(26)22-23(34-17(2)30-22)18-4-7-20(8-5-18)31-12-10-25(3,33)11-13-31/h4-5,7-8,16,19,21,33H,6,9-14H2,1-3H3,(H2,29,32)/t16-,19?,21?,26?/m1/s1. The number of carbonyl (C=O) groups excluding carboxylic acids is 1. The number of benzene rings is 1. The molecule has 4 rings (SSSR count). The molecule has 0 spiro atoms. The number of rotatable bonds is 5. The Morgan fingerprint density at radius 1 is 1.32 bits per heavy atom. The molecule has 4 atom stereocenters. The average molecular weight is 485 g/mol.